The number of carboxylic acid groups (broad SMARTS) is 1. The van der Waals surface area contributed by atoms with Crippen LogP contribution in [0.15, 0.2) is 48.5 Å². The fourth-order valence-corrected chi connectivity index (χ4v) is 14.1. The lowest BCUT2D eigenvalue weighted by Gasteiger charge is -2.28. The SMILES string of the molecule is C#CCCC(=O)N[C@@H](CCCCN)C(=O)NCC(=O)N[C@H](C(=O)N[C@@H](CO)C(=O)N[C@@H](CCCCN)C(=O)N[C@@H](CO)C(=O)N[C@@H](Cc1ccc(O)cc1)C(=O)N[C@@H](CCCNC(=N)N)C(=O)N[C@@H](CCCCN)C(=O)N[C@@H](CCCNC(=N)N)C(=O)N[C@@H](Cc1ccc(O)cc1)C(=O)N[C@@H](CO)C(=O)N[C@@H](CCCCN)C(=O)N[C@@H](CO)C(=O)N[C@H](C(=O)NCC(=O)N[C@@H](CCCCN)C(=O)O)C(C)C)C(C)C. The highest BCUT2D eigenvalue weighted by Crippen LogP contribution is 2.18. The van der Waals surface area contributed by atoms with Crippen LogP contribution in [0.5, 0.6) is 11.5 Å². The van der Waals surface area contributed by atoms with Crippen molar-refractivity contribution in [3.05, 3.63) is 59.7 Å². The predicted octanol–water partition coefficient (Wildman–Crippen LogP) is -10.7. The highest BCUT2D eigenvalue weighted by molar-refractivity contribution is 6.01. The number of carbonyl (C=O) groups excluding carboxylic acids is 17. The second-order valence-corrected chi connectivity index (χ2v) is 34.8. The number of terminal acetylenes is 1. The summed E-state index contributed by atoms with van der Waals surface area (Å²) in [7, 11) is 0. The van der Waals surface area contributed by atoms with Crippen molar-refractivity contribution in [1.29, 1.82) is 10.8 Å². The van der Waals surface area contributed by atoms with E-state index in [1.807, 2.05) is 0 Å². The van der Waals surface area contributed by atoms with E-state index < -0.39 is 273 Å². The van der Waals surface area contributed by atoms with Crippen LogP contribution in [0.3, 0.4) is 0 Å². The Morgan fingerprint density at radius 3 is 0.854 bits per heavy atom. The number of amides is 17. The van der Waals surface area contributed by atoms with E-state index in [9.17, 15) is 103 Å². The van der Waals surface area contributed by atoms with Crippen LogP contribution in [0.4, 0.5) is 0 Å². The molecular weight excluding hydrogens is 1890 g/mol. The molecule has 0 aromatic heterocycles. The fourth-order valence-electron chi connectivity index (χ4n) is 14.1. The highest BCUT2D eigenvalue weighted by Gasteiger charge is 2.40. The van der Waals surface area contributed by atoms with E-state index in [-0.39, 0.29) is 171 Å². The maximum atomic E-state index is 15.1. The molecule has 0 fully saturated rings. The monoisotopic (exact) mass is 2040 g/mol. The number of hydrogen-bond donors (Lipinski definition) is 35. The Morgan fingerprint density at radius 2 is 0.556 bits per heavy atom. The van der Waals surface area contributed by atoms with Gasteiger partial charge in [-0.05, 0) is 202 Å². The maximum absolute atomic E-state index is 15.1. The van der Waals surface area contributed by atoms with Gasteiger partial charge in [-0.3, -0.25) is 92.3 Å². The van der Waals surface area contributed by atoms with Crippen molar-refractivity contribution in [3.63, 3.8) is 0 Å². The quantitative estimate of drug-likeness (QED) is 0.0127. The Morgan fingerprint density at radius 1 is 0.306 bits per heavy atom. The van der Waals surface area contributed by atoms with Crippen molar-refractivity contribution in [3.8, 4) is 23.8 Å². The number of unbranched alkanes of at least 4 members (excludes halogenated alkanes) is 5. The van der Waals surface area contributed by atoms with Gasteiger partial charge in [-0.15, -0.1) is 12.3 Å². The molecule has 0 bridgehead atoms. The number of phenols is 2. The van der Waals surface area contributed by atoms with Crippen LogP contribution in [-0.2, 0) is 99.1 Å². The van der Waals surface area contributed by atoms with Crippen LogP contribution in [0.1, 0.15) is 174 Å². The van der Waals surface area contributed by atoms with E-state index in [1.165, 1.54) is 76.2 Å². The molecule has 17 amide bonds. The number of aromatic hydroxyl groups is 2. The van der Waals surface area contributed by atoms with Gasteiger partial charge in [0, 0.05) is 38.8 Å². The maximum Gasteiger partial charge on any atom is 0.326 e. The zero-order chi connectivity index (χ0) is 108. The number of aliphatic hydroxyl groups is 4. The first-order chi connectivity index (χ1) is 68.5. The van der Waals surface area contributed by atoms with Crippen LogP contribution in [0, 0.1) is 35.0 Å². The van der Waals surface area contributed by atoms with Crippen molar-refractivity contribution in [2.75, 3.05) is 85.3 Å². The van der Waals surface area contributed by atoms with E-state index >= 15 is 19.2 Å². The molecule has 53 nitrogen and oxygen atoms in total. The van der Waals surface area contributed by atoms with E-state index in [0.717, 1.165) is 0 Å². The normalized spacial score (nSPS) is 14.2. The smallest absolute Gasteiger partial charge is 0.326 e. The number of benzene rings is 2. The van der Waals surface area contributed by atoms with Gasteiger partial charge in [-0.1, -0.05) is 52.0 Å². The molecule has 0 aliphatic rings. The van der Waals surface area contributed by atoms with E-state index in [2.05, 4.69) is 107 Å². The predicted molar refractivity (Wildman–Crippen MR) is 525 cm³/mol. The van der Waals surface area contributed by atoms with E-state index in [4.69, 9.17) is 57.4 Å². The molecule has 2 rings (SSSR count). The third kappa shape index (κ3) is 50.3. The molecule has 0 saturated heterocycles. The summed E-state index contributed by atoms with van der Waals surface area (Å²) in [6, 6.07) is -14.0. The zero-order valence-corrected chi connectivity index (χ0v) is 82.0. The molecular formula is C91H152N28O25. The van der Waals surface area contributed by atoms with Crippen molar-refractivity contribution in [2.24, 2.45) is 52.0 Å². The van der Waals surface area contributed by atoms with Crippen molar-refractivity contribution in [2.45, 2.75) is 266 Å². The summed E-state index contributed by atoms with van der Waals surface area (Å²) in [6.07, 6.45) is 6.28. The van der Waals surface area contributed by atoms with E-state index in [1.54, 1.807) is 0 Å². The average molecular weight is 2040 g/mol. The minimum Gasteiger partial charge on any atom is -0.508 e. The number of carbonyl (C=O) groups is 18. The molecule has 0 aliphatic heterocycles. The number of carboxylic acids is 1. The van der Waals surface area contributed by atoms with Gasteiger partial charge in [0.1, 0.15) is 102 Å². The van der Waals surface area contributed by atoms with Crippen molar-refractivity contribution in [1.82, 2.24) is 101 Å². The summed E-state index contributed by atoms with van der Waals surface area (Å²) >= 11 is 0. The largest absolute Gasteiger partial charge is 0.508 e. The topological polar surface area (TPSA) is 907 Å². The molecule has 15 atom stereocenters. The first kappa shape index (κ1) is 126. The van der Waals surface area contributed by atoms with Gasteiger partial charge in [0.25, 0.3) is 0 Å². The molecule has 0 aliphatic carbocycles. The van der Waals surface area contributed by atoms with Crippen molar-refractivity contribution >= 4 is 118 Å². The second-order valence-electron chi connectivity index (χ2n) is 34.8. The molecule has 806 valence electrons. The third-order valence-corrected chi connectivity index (χ3v) is 22.3. The first-order valence-corrected chi connectivity index (χ1v) is 47.9. The van der Waals surface area contributed by atoms with Crippen LogP contribution < -0.4 is 141 Å². The Hall–Kier alpha value is -13.8. The van der Waals surface area contributed by atoms with Gasteiger partial charge in [-0.2, -0.15) is 0 Å². The lowest BCUT2D eigenvalue weighted by Crippen LogP contribution is -2.62. The van der Waals surface area contributed by atoms with Crippen LogP contribution in [0.2, 0.25) is 0 Å². The molecule has 0 saturated carbocycles. The van der Waals surface area contributed by atoms with Crippen LogP contribution in [-0.4, -0.2) is 330 Å². The number of aliphatic carboxylic acids is 1. The lowest BCUT2D eigenvalue weighted by atomic mass is 10.0. The highest BCUT2D eigenvalue weighted by atomic mass is 16.4. The minimum atomic E-state index is -1.95. The number of nitrogens with one attached hydrogen (secondary N) is 21. The summed E-state index contributed by atoms with van der Waals surface area (Å²) in [5, 5.41) is 135. The first-order valence-electron chi connectivity index (χ1n) is 47.9. The third-order valence-electron chi connectivity index (χ3n) is 22.3. The summed E-state index contributed by atoms with van der Waals surface area (Å²) < 4.78 is 0. The zero-order valence-electron chi connectivity index (χ0n) is 82.0. The Kier molecular flexibility index (Phi) is 62.1. The standard InChI is InChI=1S/C91H152N28O25/c1-6-7-27-70(126)105-57(20-8-13-36-92)75(129)103-46-72(128)118-74(52(4)5)88(142)117-68(49-122)84(138)111-59(22-10-15-38-94)79(133)114-67(48-121)85(139)113-64(43-53-28-32-55(124)33-29-53)81(135)109-61(25-18-41-101-90(97)98)77(131)107-58(21-9-14-37-93)76(130)108-62(26-19-42-102-91(99)100)78(132)112-65(44-54-30-34-56(125)35-31-54)82(136)116-66(47-120)83(137)110-60(23-11-16-39-95)80(134)115-69(50-123)86(140)119-73(51(2)3)87(141)104-45-71(127)106-63(89(143)144)24-12-17-40-96/h1,28-35,51-52,57-69,73-74,120-125H,7-27,36-50,92-96H2,2-5H3,(H,103,129)(H,104,141)(H,105,126)(H,106,127)(H,107,131)(H,108,130)(H,109,135)(H,110,137)(H,111,138)(H,112,132)(H,113,139)(H,114,133)(H,115,134)(H,116,136)(H,117,142)(H,118,128)(H,119,140)(H,143,144)(H4,97,98,101)(H4,99,100,102)/t57-,58-,59-,60-,61-,62-,63-,64-,65-,66-,67-,68-,69-,73-,74-/m0/s1. The molecule has 42 N–H and O–H groups in total. The number of rotatable bonds is 74. The lowest BCUT2D eigenvalue weighted by molar-refractivity contribution is -0.142. The van der Waals surface area contributed by atoms with Gasteiger partial charge in [-0.25, -0.2) is 4.79 Å². The molecule has 2 aromatic carbocycles. The van der Waals surface area contributed by atoms with Gasteiger partial charge >= 0.3 is 5.97 Å². The molecule has 0 radical (unpaired) electrons. The summed E-state index contributed by atoms with van der Waals surface area (Å²) in [5.74, 6) is -19.1. The average Bonchev–Trinajstić information content (AvgIpc) is 0.850. The molecule has 2 aromatic rings. The Balaban J connectivity index is 2.64. The van der Waals surface area contributed by atoms with Gasteiger partial charge < -0.3 is 177 Å². The summed E-state index contributed by atoms with van der Waals surface area (Å²) in [5.41, 5.74) is 40.3. The second kappa shape index (κ2) is 70.8. The van der Waals surface area contributed by atoms with Crippen LogP contribution >= 0.6 is 0 Å². The summed E-state index contributed by atoms with van der Waals surface area (Å²) in [6.45, 7) is 0.883. The molecule has 0 heterocycles. The molecule has 144 heavy (non-hydrogen) atoms. The van der Waals surface area contributed by atoms with Gasteiger partial charge in [0.05, 0.1) is 39.5 Å². The van der Waals surface area contributed by atoms with Gasteiger partial charge in [0.2, 0.25) is 100 Å². The number of aliphatic hydroxyl groups excluding tert-OH is 4. The van der Waals surface area contributed by atoms with Crippen LogP contribution in [0.25, 0.3) is 0 Å². The fraction of sp³-hybridized carbons (Fsp3) is 0.626. The molecule has 0 spiro atoms. The Labute approximate surface area is 835 Å². The molecule has 0 unspecified atom stereocenters. The molecule has 53 heteroatoms. The number of guanidine groups is 2. The summed E-state index contributed by atoms with van der Waals surface area (Å²) in [4.78, 5) is 251. The van der Waals surface area contributed by atoms with Crippen molar-refractivity contribution < 1.29 is 122 Å². The minimum absolute atomic E-state index is 0.0495. The van der Waals surface area contributed by atoms with E-state index in [0.29, 0.717) is 32.2 Å². The van der Waals surface area contributed by atoms with Gasteiger partial charge in [0.15, 0.2) is 11.9 Å². The number of nitrogens with two attached hydrogens (primary N) is 7. The number of phenolic OH excluding ortho intramolecular Hbond substituents is 2. The number of hydrogen-bond acceptors (Lipinski definition) is 31. The Bertz CT molecular complexity index is 4430.